The molecule has 0 spiro atoms. The number of hydrogen-bond donors (Lipinski definition) is 1. The van der Waals surface area contributed by atoms with E-state index in [0.717, 1.165) is 24.8 Å². The Morgan fingerprint density at radius 3 is 2.88 bits per heavy atom. The number of aromatic nitrogens is 2. The van der Waals surface area contributed by atoms with Gasteiger partial charge in [0.1, 0.15) is 0 Å². The zero-order valence-electron chi connectivity index (χ0n) is 13.6. The van der Waals surface area contributed by atoms with Crippen molar-refractivity contribution in [3.05, 3.63) is 47.6 Å². The van der Waals surface area contributed by atoms with Crippen LogP contribution in [0.15, 0.2) is 34.9 Å². The highest BCUT2D eigenvalue weighted by molar-refractivity contribution is 5.80. The monoisotopic (exact) mass is 327 g/mol. The fourth-order valence-corrected chi connectivity index (χ4v) is 3.58. The quantitative estimate of drug-likeness (QED) is 0.912. The van der Waals surface area contributed by atoms with Gasteiger partial charge in [-0.15, -0.1) is 0 Å². The standard InChI is InChI=1S/C18H21N3O3/c1-11(19-18(22)14-10-13-7-8-15(14)23-13)17-20-16(24-21-17)9-12-5-3-2-4-6-12/h2-6,11,13-15H,7-10H2,1H3,(H,19,22)/t11-,13+,14-,15+/m0/s1. The summed E-state index contributed by atoms with van der Waals surface area (Å²) in [7, 11) is 0. The maximum atomic E-state index is 12.4. The van der Waals surface area contributed by atoms with Gasteiger partial charge in [-0.05, 0) is 31.7 Å². The molecule has 2 fully saturated rings. The van der Waals surface area contributed by atoms with E-state index in [2.05, 4.69) is 15.5 Å². The van der Waals surface area contributed by atoms with Crippen molar-refractivity contribution in [2.45, 2.75) is 50.9 Å². The van der Waals surface area contributed by atoms with E-state index in [9.17, 15) is 4.79 Å². The average molecular weight is 327 g/mol. The first kappa shape index (κ1) is 15.3. The van der Waals surface area contributed by atoms with Gasteiger partial charge in [0.15, 0.2) is 5.82 Å². The van der Waals surface area contributed by atoms with Crippen LogP contribution >= 0.6 is 0 Å². The first-order valence-electron chi connectivity index (χ1n) is 8.51. The van der Waals surface area contributed by atoms with E-state index in [0.29, 0.717) is 18.1 Å². The largest absolute Gasteiger partial charge is 0.374 e. The lowest BCUT2D eigenvalue weighted by Crippen LogP contribution is -2.37. The topological polar surface area (TPSA) is 77.2 Å². The van der Waals surface area contributed by atoms with Crippen molar-refractivity contribution in [3.63, 3.8) is 0 Å². The molecule has 1 N–H and O–H groups in total. The van der Waals surface area contributed by atoms with E-state index in [4.69, 9.17) is 9.26 Å². The van der Waals surface area contributed by atoms with Crippen LogP contribution in [0.5, 0.6) is 0 Å². The second kappa shape index (κ2) is 6.36. The Morgan fingerprint density at radius 1 is 1.33 bits per heavy atom. The molecule has 1 aromatic carbocycles. The molecule has 2 aromatic rings. The second-order valence-corrected chi connectivity index (χ2v) is 6.66. The second-order valence-electron chi connectivity index (χ2n) is 6.66. The smallest absolute Gasteiger partial charge is 0.231 e. The average Bonchev–Trinajstić information content (AvgIpc) is 3.32. The Kier molecular flexibility index (Phi) is 4.06. The number of fused-ring (bicyclic) bond motifs is 2. The summed E-state index contributed by atoms with van der Waals surface area (Å²) in [6, 6.07) is 9.69. The molecule has 1 amide bonds. The summed E-state index contributed by atoms with van der Waals surface area (Å²) < 4.78 is 11.1. The summed E-state index contributed by atoms with van der Waals surface area (Å²) in [5, 5.41) is 7.00. The number of nitrogens with zero attached hydrogens (tertiary/aromatic N) is 2. The Bertz CT molecular complexity index is 715. The van der Waals surface area contributed by atoms with Crippen molar-refractivity contribution in [2.24, 2.45) is 5.92 Å². The zero-order valence-corrected chi connectivity index (χ0v) is 13.6. The predicted molar refractivity (Wildman–Crippen MR) is 86.1 cm³/mol. The third-order valence-corrected chi connectivity index (χ3v) is 4.87. The molecule has 0 aliphatic carbocycles. The molecule has 0 saturated carbocycles. The van der Waals surface area contributed by atoms with E-state index in [1.807, 2.05) is 37.3 Å². The van der Waals surface area contributed by atoms with Crippen LogP contribution in [-0.4, -0.2) is 28.3 Å². The predicted octanol–water partition coefficient (Wildman–Crippen LogP) is 2.41. The third kappa shape index (κ3) is 3.06. The number of carbonyl (C=O) groups excluding carboxylic acids is 1. The number of ether oxygens (including phenoxy) is 1. The van der Waals surface area contributed by atoms with E-state index in [1.165, 1.54) is 0 Å². The molecule has 4 rings (SSSR count). The maximum absolute atomic E-state index is 12.4. The number of nitrogens with one attached hydrogen (secondary N) is 1. The van der Waals surface area contributed by atoms with Crippen LogP contribution in [0.25, 0.3) is 0 Å². The van der Waals surface area contributed by atoms with Crippen LogP contribution in [-0.2, 0) is 16.0 Å². The minimum absolute atomic E-state index is 0.0316. The van der Waals surface area contributed by atoms with Gasteiger partial charge in [-0.25, -0.2) is 0 Å². The molecule has 2 saturated heterocycles. The molecule has 6 nitrogen and oxygen atoms in total. The van der Waals surface area contributed by atoms with Gasteiger partial charge >= 0.3 is 0 Å². The summed E-state index contributed by atoms with van der Waals surface area (Å²) >= 11 is 0. The Labute approximate surface area is 140 Å². The summed E-state index contributed by atoms with van der Waals surface area (Å²) in [6.07, 6.45) is 3.84. The molecule has 24 heavy (non-hydrogen) atoms. The fourth-order valence-electron chi connectivity index (χ4n) is 3.58. The van der Waals surface area contributed by atoms with E-state index >= 15 is 0 Å². The molecular formula is C18H21N3O3. The fraction of sp³-hybridized carbons (Fsp3) is 0.500. The highest BCUT2D eigenvalue weighted by Gasteiger charge is 2.44. The van der Waals surface area contributed by atoms with Gasteiger partial charge < -0.3 is 14.6 Å². The molecule has 3 heterocycles. The van der Waals surface area contributed by atoms with Gasteiger partial charge in [0.05, 0.1) is 30.6 Å². The number of rotatable bonds is 5. The van der Waals surface area contributed by atoms with Crippen molar-refractivity contribution < 1.29 is 14.1 Å². The van der Waals surface area contributed by atoms with Crippen LogP contribution < -0.4 is 5.32 Å². The summed E-state index contributed by atoms with van der Waals surface area (Å²) in [5.41, 5.74) is 1.11. The van der Waals surface area contributed by atoms with Crippen molar-refractivity contribution in [1.82, 2.24) is 15.5 Å². The molecule has 0 radical (unpaired) electrons. The minimum Gasteiger partial charge on any atom is -0.374 e. The summed E-state index contributed by atoms with van der Waals surface area (Å²) in [6.45, 7) is 1.88. The molecule has 2 bridgehead atoms. The zero-order chi connectivity index (χ0) is 16.5. The van der Waals surface area contributed by atoms with Crippen molar-refractivity contribution >= 4 is 5.91 Å². The summed E-state index contributed by atoms with van der Waals surface area (Å²) in [4.78, 5) is 16.8. The molecule has 6 heteroatoms. The lowest BCUT2D eigenvalue weighted by atomic mass is 9.88. The Morgan fingerprint density at radius 2 is 2.17 bits per heavy atom. The Balaban J connectivity index is 1.36. The van der Waals surface area contributed by atoms with Gasteiger partial charge in [0, 0.05) is 0 Å². The van der Waals surface area contributed by atoms with E-state index in [-0.39, 0.29) is 30.1 Å². The van der Waals surface area contributed by atoms with Gasteiger partial charge in [0.2, 0.25) is 11.8 Å². The van der Waals surface area contributed by atoms with Crippen LogP contribution in [0.3, 0.4) is 0 Å². The van der Waals surface area contributed by atoms with Crippen LogP contribution in [0.2, 0.25) is 0 Å². The van der Waals surface area contributed by atoms with Gasteiger partial charge in [-0.1, -0.05) is 35.5 Å². The highest BCUT2D eigenvalue weighted by Crippen LogP contribution is 2.39. The number of benzene rings is 1. The van der Waals surface area contributed by atoms with Crippen LogP contribution in [0.4, 0.5) is 0 Å². The minimum atomic E-state index is -0.273. The summed E-state index contributed by atoms with van der Waals surface area (Å²) in [5.74, 6) is 1.06. The van der Waals surface area contributed by atoms with E-state index < -0.39 is 0 Å². The lowest BCUT2D eigenvalue weighted by Gasteiger charge is -2.19. The number of hydrogen-bond acceptors (Lipinski definition) is 5. The van der Waals surface area contributed by atoms with Crippen molar-refractivity contribution in [3.8, 4) is 0 Å². The molecular weight excluding hydrogens is 306 g/mol. The molecule has 0 unspecified atom stereocenters. The first-order chi connectivity index (χ1) is 11.7. The maximum Gasteiger partial charge on any atom is 0.231 e. The molecule has 126 valence electrons. The molecule has 2 aliphatic heterocycles. The third-order valence-electron chi connectivity index (χ3n) is 4.87. The number of amides is 1. The number of carbonyl (C=O) groups is 1. The van der Waals surface area contributed by atoms with E-state index in [1.54, 1.807) is 0 Å². The SMILES string of the molecule is C[C@H](NC(=O)[C@H]1C[C@H]2CC[C@H]1O2)c1noc(Cc2ccccc2)n1. The van der Waals surface area contributed by atoms with Crippen LogP contribution in [0.1, 0.15) is 49.5 Å². The van der Waals surface area contributed by atoms with Gasteiger partial charge in [0.25, 0.3) is 0 Å². The lowest BCUT2D eigenvalue weighted by molar-refractivity contribution is -0.127. The molecule has 4 atom stereocenters. The highest BCUT2D eigenvalue weighted by atomic mass is 16.5. The van der Waals surface area contributed by atoms with Crippen molar-refractivity contribution in [2.75, 3.05) is 0 Å². The van der Waals surface area contributed by atoms with Crippen molar-refractivity contribution in [1.29, 1.82) is 0 Å². The Hall–Kier alpha value is -2.21. The first-order valence-corrected chi connectivity index (χ1v) is 8.51. The van der Waals surface area contributed by atoms with Crippen LogP contribution in [0, 0.1) is 5.92 Å². The molecule has 1 aromatic heterocycles. The molecule has 2 aliphatic rings. The van der Waals surface area contributed by atoms with Gasteiger partial charge in [-0.2, -0.15) is 4.98 Å². The van der Waals surface area contributed by atoms with Gasteiger partial charge in [-0.3, -0.25) is 4.79 Å². The normalized spacial score (nSPS) is 26.5.